The number of amides is 1. The van der Waals surface area contributed by atoms with Crippen LogP contribution in [0.4, 0.5) is 0 Å². The fourth-order valence-electron chi connectivity index (χ4n) is 1.27. The van der Waals surface area contributed by atoms with E-state index in [2.05, 4.69) is 5.32 Å². The number of carboxylic acids is 1. The molecule has 1 amide bonds. The van der Waals surface area contributed by atoms with Gasteiger partial charge in [-0.3, -0.25) is 9.59 Å². The number of aliphatic carboxylic acids is 1. The lowest BCUT2D eigenvalue weighted by molar-refractivity contribution is -0.137. The van der Waals surface area contributed by atoms with Crippen LogP contribution in [-0.2, 0) is 9.59 Å². The minimum absolute atomic E-state index is 0.0560. The highest BCUT2D eigenvalue weighted by Crippen LogP contribution is 2.23. The van der Waals surface area contributed by atoms with Crippen LogP contribution in [0.5, 0.6) is 0 Å². The minimum atomic E-state index is -1.44. The van der Waals surface area contributed by atoms with Crippen LogP contribution in [0, 0.1) is 0 Å². The van der Waals surface area contributed by atoms with Crippen molar-refractivity contribution in [2.75, 3.05) is 6.54 Å². The summed E-state index contributed by atoms with van der Waals surface area (Å²) >= 11 is 11.5. The van der Waals surface area contributed by atoms with Crippen molar-refractivity contribution in [2.24, 2.45) is 0 Å². The molecule has 0 aliphatic heterocycles. The average molecular weight is 292 g/mol. The predicted molar refractivity (Wildman–Crippen MR) is 66.7 cm³/mol. The summed E-state index contributed by atoms with van der Waals surface area (Å²) < 4.78 is 0. The normalized spacial score (nSPS) is 11.9. The second-order valence-corrected chi connectivity index (χ2v) is 4.41. The van der Waals surface area contributed by atoms with Crippen LogP contribution in [0.3, 0.4) is 0 Å². The van der Waals surface area contributed by atoms with Crippen LogP contribution >= 0.6 is 23.2 Å². The summed E-state index contributed by atoms with van der Waals surface area (Å²) in [6.45, 7) is -0.0560. The number of benzene rings is 1. The lowest BCUT2D eigenvalue weighted by Gasteiger charge is -2.11. The number of hydrogen-bond donors (Lipinski definition) is 3. The fourth-order valence-corrected chi connectivity index (χ4v) is 1.82. The first-order chi connectivity index (χ1) is 8.40. The van der Waals surface area contributed by atoms with Gasteiger partial charge in [0.25, 0.3) is 5.91 Å². The molecule has 0 bridgehead atoms. The molecule has 0 saturated heterocycles. The molecule has 0 radical (unpaired) electrons. The van der Waals surface area contributed by atoms with Crippen LogP contribution < -0.4 is 5.32 Å². The first-order valence-corrected chi connectivity index (χ1v) is 5.79. The van der Waals surface area contributed by atoms with E-state index in [1.165, 1.54) is 18.2 Å². The van der Waals surface area contributed by atoms with Crippen LogP contribution in [0.15, 0.2) is 18.2 Å². The zero-order valence-electron chi connectivity index (χ0n) is 9.19. The second kappa shape index (κ2) is 6.58. The lowest BCUT2D eigenvalue weighted by Crippen LogP contribution is -2.31. The van der Waals surface area contributed by atoms with Gasteiger partial charge < -0.3 is 15.5 Å². The summed E-state index contributed by atoms with van der Waals surface area (Å²) in [4.78, 5) is 21.8. The van der Waals surface area contributed by atoms with Crippen molar-refractivity contribution in [3.63, 3.8) is 0 Å². The number of carbonyl (C=O) groups excluding carboxylic acids is 1. The van der Waals surface area contributed by atoms with Crippen molar-refractivity contribution < 1.29 is 19.8 Å². The number of carbonyl (C=O) groups is 2. The smallest absolute Gasteiger partial charge is 0.305 e. The van der Waals surface area contributed by atoms with E-state index in [-0.39, 0.29) is 18.5 Å². The molecule has 0 aliphatic carbocycles. The van der Waals surface area contributed by atoms with E-state index in [4.69, 9.17) is 28.3 Å². The van der Waals surface area contributed by atoms with Gasteiger partial charge >= 0.3 is 5.97 Å². The van der Waals surface area contributed by atoms with Crippen molar-refractivity contribution in [3.8, 4) is 0 Å². The molecular formula is C11H11Cl2NO4. The quantitative estimate of drug-likeness (QED) is 0.769. The van der Waals surface area contributed by atoms with Crippen molar-refractivity contribution in [1.82, 2.24) is 5.32 Å². The standard InChI is InChI=1S/C11H11Cl2NO4/c12-7-3-6(4-8(13)5-7)10(17)11(18)14-2-1-9(15)16/h3-5,10,17H,1-2H2,(H,14,18)(H,15,16). The minimum Gasteiger partial charge on any atom is -0.481 e. The number of rotatable bonds is 5. The Morgan fingerprint density at radius 3 is 2.28 bits per heavy atom. The van der Waals surface area contributed by atoms with Gasteiger partial charge in [-0.05, 0) is 23.8 Å². The number of halogens is 2. The van der Waals surface area contributed by atoms with Gasteiger partial charge in [0.2, 0.25) is 0 Å². The molecule has 0 saturated carbocycles. The Morgan fingerprint density at radius 1 is 1.22 bits per heavy atom. The molecule has 1 aromatic carbocycles. The summed E-state index contributed by atoms with van der Waals surface area (Å²) in [6, 6.07) is 4.30. The topological polar surface area (TPSA) is 86.6 Å². The molecule has 1 aromatic rings. The highest BCUT2D eigenvalue weighted by molar-refractivity contribution is 6.34. The monoisotopic (exact) mass is 291 g/mol. The van der Waals surface area contributed by atoms with Crippen molar-refractivity contribution in [2.45, 2.75) is 12.5 Å². The van der Waals surface area contributed by atoms with E-state index in [1.807, 2.05) is 0 Å². The zero-order chi connectivity index (χ0) is 13.7. The maximum Gasteiger partial charge on any atom is 0.305 e. The molecule has 0 aromatic heterocycles. The maximum absolute atomic E-state index is 11.5. The van der Waals surface area contributed by atoms with Gasteiger partial charge in [-0.25, -0.2) is 0 Å². The third-order valence-electron chi connectivity index (χ3n) is 2.09. The largest absolute Gasteiger partial charge is 0.481 e. The first kappa shape index (κ1) is 14.8. The Kier molecular flexibility index (Phi) is 5.40. The molecular weight excluding hydrogens is 281 g/mol. The number of aliphatic hydroxyl groups excluding tert-OH is 1. The van der Waals surface area contributed by atoms with Gasteiger partial charge in [-0.1, -0.05) is 23.2 Å². The molecule has 98 valence electrons. The van der Waals surface area contributed by atoms with Gasteiger partial charge in [0.1, 0.15) is 0 Å². The van der Waals surface area contributed by atoms with E-state index < -0.39 is 18.0 Å². The first-order valence-electron chi connectivity index (χ1n) is 5.03. The number of hydrogen-bond acceptors (Lipinski definition) is 3. The summed E-state index contributed by atoms with van der Waals surface area (Å²) in [5.41, 5.74) is 0.250. The molecule has 0 heterocycles. The predicted octanol–water partition coefficient (Wildman–Crippen LogP) is 1.62. The molecule has 0 aliphatic rings. The molecule has 5 nitrogen and oxygen atoms in total. The fraction of sp³-hybridized carbons (Fsp3) is 0.273. The number of nitrogens with one attached hydrogen (secondary N) is 1. The van der Waals surface area contributed by atoms with Crippen molar-refractivity contribution >= 4 is 35.1 Å². The number of carboxylic acid groups (broad SMARTS) is 1. The van der Waals surface area contributed by atoms with E-state index in [9.17, 15) is 14.7 Å². The van der Waals surface area contributed by atoms with E-state index in [0.717, 1.165) is 0 Å². The Morgan fingerprint density at radius 2 is 1.78 bits per heavy atom. The Balaban J connectivity index is 2.65. The molecule has 0 fully saturated rings. The highest BCUT2D eigenvalue weighted by Gasteiger charge is 2.18. The Bertz CT molecular complexity index is 444. The van der Waals surface area contributed by atoms with Gasteiger partial charge in [0, 0.05) is 16.6 Å². The zero-order valence-corrected chi connectivity index (χ0v) is 10.7. The van der Waals surface area contributed by atoms with Gasteiger partial charge in [-0.2, -0.15) is 0 Å². The van der Waals surface area contributed by atoms with Gasteiger partial charge in [0.05, 0.1) is 6.42 Å². The molecule has 1 atom stereocenters. The van der Waals surface area contributed by atoms with Crippen molar-refractivity contribution in [1.29, 1.82) is 0 Å². The molecule has 0 spiro atoms. The molecule has 3 N–H and O–H groups in total. The van der Waals surface area contributed by atoms with Gasteiger partial charge in [-0.15, -0.1) is 0 Å². The lowest BCUT2D eigenvalue weighted by atomic mass is 10.1. The summed E-state index contributed by atoms with van der Waals surface area (Å²) in [5, 5.41) is 21.0. The maximum atomic E-state index is 11.5. The molecule has 18 heavy (non-hydrogen) atoms. The van der Waals surface area contributed by atoms with Crippen LogP contribution in [0.2, 0.25) is 10.0 Å². The second-order valence-electron chi connectivity index (χ2n) is 3.54. The summed E-state index contributed by atoms with van der Waals surface area (Å²) in [6.07, 6.45) is -1.65. The molecule has 1 rings (SSSR count). The molecule has 7 heteroatoms. The average Bonchev–Trinajstić information content (AvgIpc) is 2.26. The van der Waals surface area contributed by atoms with Gasteiger partial charge in [0.15, 0.2) is 6.10 Å². The summed E-state index contributed by atoms with van der Waals surface area (Å²) in [5.74, 6) is -1.73. The van der Waals surface area contributed by atoms with Crippen LogP contribution in [-0.4, -0.2) is 28.6 Å². The van der Waals surface area contributed by atoms with Crippen LogP contribution in [0.25, 0.3) is 0 Å². The Hall–Kier alpha value is -1.30. The van der Waals surface area contributed by atoms with Crippen LogP contribution in [0.1, 0.15) is 18.1 Å². The Labute approximate surface area is 113 Å². The third kappa shape index (κ3) is 4.52. The van der Waals surface area contributed by atoms with Crippen molar-refractivity contribution in [3.05, 3.63) is 33.8 Å². The van der Waals surface area contributed by atoms with E-state index >= 15 is 0 Å². The SMILES string of the molecule is O=C(O)CCNC(=O)C(O)c1cc(Cl)cc(Cl)c1. The third-order valence-corrected chi connectivity index (χ3v) is 2.52. The van der Waals surface area contributed by atoms with E-state index in [1.54, 1.807) is 0 Å². The summed E-state index contributed by atoms with van der Waals surface area (Å²) in [7, 11) is 0. The molecule has 1 unspecified atom stereocenters. The highest BCUT2D eigenvalue weighted by atomic mass is 35.5. The number of aliphatic hydroxyl groups is 1. The van der Waals surface area contributed by atoms with E-state index in [0.29, 0.717) is 10.0 Å².